The molecule has 0 aliphatic carbocycles. The second-order valence-electron chi connectivity index (χ2n) is 2.63. The topological polar surface area (TPSA) is 108 Å². The van der Waals surface area contributed by atoms with Gasteiger partial charge in [0, 0.05) is 16.7 Å². The Balaban J connectivity index is 3.22. The maximum Gasteiger partial charge on any atom is 0.338 e. The van der Waals surface area contributed by atoms with Crippen molar-refractivity contribution in [1.82, 2.24) is 4.98 Å². The molecule has 82 valence electrons. The SMILES string of the molecule is COc1ncccc1/C=C(\N=[N+]=[N-])C(=O)O. The number of hydrogen-bond acceptors (Lipinski definition) is 4. The molecule has 0 atom stereocenters. The van der Waals surface area contributed by atoms with Crippen molar-refractivity contribution < 1.29 is 14.6 Å². The average Bonchev–Trinajstić information content (AvgIpc) is 2.29. The van der Waals surface area contributed by atoms with Crippen LogP contribution in [0.2, 0.25) is 0 Å². The molecule has 0 fully saturated rings. The minimum atomic E-state index is -1.32. The van der Waals surface area contributed by atoms with Crippen LogP contribution in [0.1, 0.15) is 5.56 Å². The minimum Gasteiger partial charge on any atom is -0.481 e. The van der Waals surface area contributed by atoms with Crippen LogP contribution in [0.4, 0.5) is 0 Å². The highest BCUT2D eigenvalue weighted by atomic mass is 16.5. The number of carbonyl (C=O) groups is 1. The van der Waals surface area contributed by atoms with E-state index in [1.54, 1.807) is 12.1 Å². The van der Waals surface area contributed by atoms with Crippen molar-refractivity contribution in [1.29, 1.82) is 0 Å². The molecule has 0 radical (unpaired) electrons. The number of nitrogens with zero attached hydrogens (tertiary/aromatic N) is 4. The van der Waals surface area contributed by atoms with E-state index in [-0.39, 0.29) is 5.88 Å². The number of hydrogen-bond donors (Lipinski definition) is 1. The molecule has 16 heavy (non-hydrogen) atoms. The highest BCUT2D eigenvalue weighted by molar-refractivity contribution is 5.92. The monoisotopic (exact) mass is 220 g/mol. The van der Waals surface area contributed by atoms with Crippen molar-refractivity contribution in [3.05, 3.63) is 40.0 Å². The van der Waals surface area contributed by atoms with E-state index in [9.17, 15) is 4.79 Å². The van der Waals surface area contributed by atoms with Crippen molar-refractivity contribution in [2.45, 2.75) is 0 Å². The Morgan fingerprint density at radius 2 is 2.50 bits per heavy atom. The van der Waals surface area contributed by atoms with Gasteiger partial charge in [-0.2, -0.15) is 0 Å². The molecule has 7 nitrogen and oxygen atoms in total. The Bertz CT molecular complexity index is 473. The average molecular weight is 220 g/mol. The van der Waals surface area contributed by atoms with E-state index in [1.807, 2.05) is 0 Å². The lowest BCUT2D eigenvalue weighted by atomic mass is 10.2. The summed E-state index contributed by atoms with van der Waals surface area (Å²) in [5.74, 6) is -1.06. The van der Waals surface area contributed by atoms with Crippen molar-refractivity contribution in [2.24, 2.45) is 5.11 Å². The van der Waals surface area contributed by atoms with E-state index in [0.29, 0.717) is 5.56 Å². The molecular formula is C9H8N4O3. The van der Waals surface area contributed by atoms with Crippen LogP contribution in [-0.4, -0.2) is 23.2 Å². The summed E-state index contributed by atoms with van der Waals surface area (Å²) in [7, 11) is 1.41. The van der Waals surface area contributed by atoms with E-state index < -0.39 is 11.7 Å². The van der Waals surface area contributed by atoms with E-state index >= 15 is 0 Å². The normalized spacial score (nSPS) is 10.4. The highest BCUT2D eigenvalue weighted by Gasteiger charge is 2.07. The zero-order valence-corrected chi connectivity index (χ0v) is 8.36. The summed E-state index contributed by atoms with van der Waals surface area (Å²) >= 11 is 0. The molecule has 1 aromatic heterocycles. The first kappa shape index (κ1) is 11.5. The van der Waals surface area contributed by atoms with Crippen molar-refractivity contribution in [3.8, 4) is 5.88 Å². The molecule has 0 saturated carbocycles. The predicted molar refractivity (Wildman–Crippen MR) is 55.5 cm³/mol. The lowest BCUT2D eigenvalue weighted by Gasteiger charge is -2.02. The zero-order chi connectivity index (χ0) is 12.0. The molecular weight excluding hydrogens is 212 g/mol. The first-order valence-electron chi connectivity index (χ1n) is 4.18. The number of azide groups is 1. The summed E-state index contributed by atoms with van der Waals surface area (Å²) in [5, 5.41) is 11.8. The second kappa shape index (κ2) is 5.38. The molecule has 0 aliphatic heterocycles. The highest BCUT2D eigenvalue weighted by Crippen LogP contribution is 2.17. The fraction of sp³-hybridized carbons (Fsp3) is 0.111. The van der Waals surface area contributed by atoms with Gasteiger partial charge in [0.1, 0.15) is 5.70 Å². The van der Waals surface area contributed by atoms with Gasteiger partial charge in [-0.05, 0) is 23.7 Å². The molecule has 0 aliphatic rings. The first-order valence-corrected chi connectivity index (χ1v) is 4.18. The van der Waals surface area contributed by atoms with Crippen LogP contribution in [-0.2, 0) is 4.79 Å². The Morgan fingerprint density at radius 1 is 1.75 bits per heavy atom. The first-order chi connectivity index (χ1) is 7.69. The molecule has 0 amide bonds. The van der Waals surface area contributed by atoms with Gasteiger partial charge in [0.2, 0.25) is 5.88 Å². The van der Waals surface area contributed by atoms with Crippen LogP contribution < -0.4 is 4.74 Å². The van der Waals surface area contributed by atoms with Crippen LogP contribution in [0.5, 0.6) is 5.88 Å². The van der Waals surface area contributed by atoms with Crippen LogP contribution in [0.15, 0.2) is 29.1 Å². The van der Waals surface area contributed by atoms with Gasteiger partial charge in [-0.1, -0.05) is 5.11 Å². The van der Waals surface area contributed by atoms with Crippen LogP contribution in [0, 0.1) is 0 Å². The molecule has 0 saturated heterocycles. The van der Waals surface area contributed by atoms with E-state index in [2.05, 4.69) is 15.0 Å². The molecule has 0 bridgehead atoms. The Labute approximate surface area is 90.6 Å². The number of methoxy groups -OCH3 is 1. The summed E-state index contributed by atoms with van der Waals surface area (Å²) in [6.07, 6.45) is 2.69. The van der Waals surface area contributed by atoms with Crippen molar-refractivity contribution in [3.63, 3.8) is 0 Å². The van der Waals surface area contributed by atoms with E-state index in [1.165, 1.54) is 19.4 Å². The Hall–Kier alpha value is -2.53. The fourth-order valence-electron chi connectivity index (χ4n) is 1.01. The summed E-state index contributed by atoms with van der Waals surface area (Å²) < 4.78 is 4.92. The smallest absolute Gasteiger partial charge is 0.338 e. The Morgan fingerprint density at radius 3 is 3.06 bits per heavy atom. The number of aromatic nitrogens is 1. The maximum absolute atomic E-state index is 10.7. The molecule has 0 aromatic carbocycles. The van der Waals surface area contributed by atoms with Gasteiger partial charge in [0.05, 0.1) is 7.11 Å². The van der Waals surface area contributed by atoms with Gasteiger partial charge in [0.15, 0.2) is 0 Å². The van der Waals surface area contributed by atoms with Gasteiger partial charge in [-0.25, -0.2) is 9.78 Å². The van der Waals surface area contributed by atoms with E-state index in [0.717, 1.165) is 0 Å². The summed E-state index contributed by atoms with van der Waals surface area (Å²) in [5.41, 5.74) is 8.20. The number of carboxylic acid groups (broad SMARTS) is 1. The fourth-order valence-corrected chi connectivity index (χ4v) is 1.01. The summed E-state index contributed by atoms with van der Waals surface area (Å²) in [4.78, 5) is 17.0. The van der Waals surface area contributed by atoms with Crippen LogP contribution >= 0.6 is 0 Å². The standard InChI is InChI=1S/C9H8N4O3/c1-16-8-6(3-2-4-11-8)5-7(9(14)15)12-13-10/h2-5H,1H3,(H,14,15)/b7-5-. The lowest BCUT2D eigenvalue weighted by Crippen LogP contribution is -1.98. The zero-order valence-electron chi connectivity index (χ0n) is 8.36. The lowest BCUT2D eigenvalue weighted by molar-refractivity contribution is -0.132. The second-order valence-corrected chi connectivity index (χ2v) is 2.63. The number of pyridine rings is 1. The summed E-state index contributed by atoms with van der Waals surface area (Å²) in [6.45, 7) is 0. The van der Waals surface area contributed by atoms with Gasteiger partial charge < -0.3 is 9.84 Å². The maximum atomic E-state index is 10.7. The molecule has 1 N–H and O–H groups in total. The molecule has 1 aromatic rings. The third kappa shape index (κ3) is 2.73. The number of carboxylic acids is 1. The molecule has 1 rings (SSSR count). The number of aliphatic carboxylic acids is 1. The quantitative estimate of drug-likeness (QED) is 0.361. The largest absolute Gasteiger partial charge is 0.481 e. The third-order valence-corrected chi connectivity index (χ3v) is 1.66. The van der Waals surface area contributed by atoms with Gasteiger partial charge in [-0.15, -0.1) is 0 Å². The molecule has 7 heteroatoms. The number of rotatable bonds is 4. The third-order valence-electron chi connectivity index (χ3n) is 1.66. The minimum absolute atomic E-state index is 0.259. The molecule has 0 spiro atoms. The summed E-state index contributed by atoms with van der Waals surface area (Å²) in [6, 6.07) is 3.21. The van der Waals surface area contributed by atoms with Crippen LogP contribution in [0.25, 0.3) is 16.5 Å². The van der Waals surface area contributed by atoms with Crippen molar-refractivity contribution in [2.75, 3.05) is 7.11 Å². The Kier molecular flexibility index (Phi) is 3.88. The van der Waals surface area contributed by atoms with Crippen molar-refractivity contribution >= 4 is 12.0 Å². The number of ether oxygens (including phenoxy) is 1. The van der Waals surface area contributed by atoms with Gasteiger partial charge in [-0.3, -0.25) is 0 Å². The molecule has 1 heterocycles. The van der Waals surface area contributed by atoms with Gasteiger partial charge >= 0.3 is 5.97 Å². The predicted octanol–water partition coefficient (Wildman–Crippen LogP) is 1.83. The van der Waals surface area contributed by atoms with Gasteiger partial charge in [0.25, 0.3) is 0 Å². The molecule has 0 unspecified atom stereocenters. The van der Waals surface area contributed by atoms with Crippen LogP contribution in [0.3, 0.4) is 0 Å². The van der Waals surface area contributed by atoms with E-state index in [4.69, 9.17) is 15.4 Å².